The maximum Gasteiger partial charge on any atom is 0.234 e. The number of hydrogen-bond donors (Lipinski definition) is 0. The van der Waals surface area contributed by atoms with Crippen molar-refractivity contribution in [3.8, 4) is 11.7 Å². The van der Waals surface area contributed by atoms with E-state index in [1.165, 1.54) is 6.08 Å². The van der Waals surface area contributed by atoms with Gasteiger partial charge in [0, 0.05) is 22.3 Å². The SMILES string of the molecule is COc1ccc(/C=C(\F)c2cc3cc(Br)ccc3n2-c2ncccn2)cc1. The largest absolute Gasteiger partial charge is 0.497 e. The molecule has 2 aromatic heterocycles. The summed E-state index contributed by atoms with van der Waals surface area (Å²) in [4.78, 5) is 8.59. The third-order valence-corrected chi connectivity index (χ3v) is 4.66. The molecule has 4 rings (SSSR count). The number of nitrogens with zero attached hydrogens (tertiary/aromatic N) is 3. The molecular weight excluding hydrogens is 409 g/mol. The zero-order valence-corrected chi connectivity index (χ0v) is 16.0. The third kappa shape index (κ3) is 3.48. The molecule has 0 atom stereocenters. The Hall–Kier alpha value is -2.99. The molecule has 0 unspecified atom stereocenters. The number of ether oxygens (including phenoxy) is 1. The van der Waals surface area contributed by atoms with Crippen molar-refractivity contribution in [2.45, 2.75) is 0 Å². The van der Waals surface area contributed by atoms with Crippen molar-refractivity contribution >= 4 is 38.7 Å². The Balaban J connectivity index is 1.88. The van der Waals surface area contributed by atoms with Crippen LogP contribution in [0.3, 0.4) is 0 Å². The number of methoxy groups -OCH3 is 1. The van der Waals surface area contributed by atoms with Crippen LogP contribution in [-0.4, -0.2) is 21.6 Å². The van der Waals surface area contributed by atoms with E-state index in [0.29, 0.717) is 11.6 Å². The number of fused-ring (bicyclic) bond motifs is 1. The first kappa shape index (κ1) is 17.4. The Bertz CT molecular complexity index is 1120. The second-order valence-corrected chi connectivity index (χ2v) is 6.80. The lowest BCUT2D eigenvalue weighted by molar-refractivity contribution is 0.415. The minimum Gasteiger partial charge on any atom is -0.497 e. The van der Waals surface area contributed by atoms with E-state index in [1.54, 1.807) is 60.5 Å². The minimum atomic E-state index is -0.375. The highest BCUT2D eigenvalue weighted by molar-refractivity contribution is 9.10. The number of halogens is 2. The van der Waals surface area contributed by atoms with E-state index in [1.807, 2.05) is 18.2 Å². The molecule has 0 saturated heterocycles. The number of hydrogen-bond acceptors (Lipinski definition) is 3. The Kier molecular flexibility index (Phi) is 4.73. The lowest BCUT2D eigenvalue weighted by Gasteiger charge is -2.08. The fourth-order valence-corrected chi connectivity index (χ4v) is 3.28. The molecule has 0 radical (unpaired) electrons. The van der Waals surface area contributed by atoms with Gasteiger partial charge in [0.25, 0.3) is 0 Å². The average Bonchev–Trinajstić information content (AvgIpc) is 3.08. The highest BCUT2D eigenvalue weighted by Gasteiger charge is 2.16. The predicted octanol–water partition coefficient (Wildman–Crippen LogP) is 5.66. The number of benzene rings is 2. The summed E-state index contributed by atoms with van der Waals surface area (Å²) in [5, 5.41) is 0.894. The van der Waals surface area contributed by atoms with Gasteiger partial charge in [-0.3, -0.25) is 4.57 Å². The van der Waals surface area contributed by atoms with Gasteiger partial charge in [0.15, 0.2) is 0 Å². The van der Waals surface area contributed by atoms with E-state index < -0.39 is 0 Å². The maximum absolute atomic E-state index is 15.2. The van der Waals surface area contributed by atoms with Crippen molar-refractivity contribution in [1.82, 2.24) is 14.5 Å². The topological polar surface area (TPSA) is 39.9 Å². The van der Waals surface area contributed by atoms with Crippen molar-refractivity contribution in [1.29, 1.82) is 0 Å². The van der Waals surface area contributed by atoms with E-state index in [4.69, 9.17) is 4.74 Å². The van der Waals surface area contributed by atoms with E-state index in [-0.39, 0.29) is 5.83 Å². The minimum absolute atomic E-state index is 0.375. The van der Waals surface area contributed by atoms with Crippen LogP contribution in [0.1, 0.15) is 11.3 Å². The van der Waals surface area contributed by atoms with Crippen molar-refractivity contribution in [2.24, 2.45) is 0 Å². The summed E-state index contributed by atoms with van der Waals surface area (Å²) in [6, 6.07) is 16.5. The molecule has 0 fully saturated rings. The van der Waals surface area contributed by atoms with Crippen LogP contribution in [0.25, 0.3) is 28.8 Å². The Morgan fingerprint density at radius 3 is 2.52 bits per heavy atom. The average molecular weight is 424 g/mol. The molecule has 0 bridgehead atoms. The standard InChI is InChI=1S/C21H15BrFN3O/c1-27-17-6-3-14(4-7-17)11-18(23)20-13-15-12-16(22)5-8-19(15)26(20)21-24-9-2-10-25-21/h2-13H,1H3/b18-11-. The Morgan fingerprint density at radius 2 is 1.81 bits per heavy atom. The maximum atomic E-state index is 15.2. The quantitative estimate of drug-likeness (QED) is 0.425. The van der Waals surface area contributed by atoms with E-state index >= 15 is 4.39 Å². The van der Waals surface area contributed by atoms with Crippen LogP contribution in [0, 0.1) is 0 Å². The van der Waals surface area contributed by atoms with E-state index in [2.05, 4.69) is 25.9 Å². The first-order chi connectivity index (χ1) is 13.2. The summed E-state index contributed by atoms with van der Waals surface area (Å²) in [7, 11) is 1.60. The van der Waals surface area contributed by atoms with Crippen LogP contribution < -0.4 is 4.74 Å². The van der Waals surface area contributed by atoms with Crippen LogP contribution in [0.5, 0.6) is 5.75 Å². The first-order valence-corrected chi connectivity index (χ1v) is 9.05. The van der Waals surface area contributed by atoms with Gasteiger partial charge in [0.05, 0.1) is 18.3 Å². The molecular formula is C21H15BrFN3O. The predicted molar refractivity (Wildman–Crippen MR) is 109 cm³/mol. The lowest BCUT2D eigenvalue weighted by atomic mass is 10.2. The molecule has 4 nitrogen and oxygen atoms in total. The van der Waals surface area contributed by atoms with Gasteiger partial charge >= 0.3 is 0 Å². The van der Waals surface area contributed by atoms with Gasteiger partial charge in [-0.15, -0.1) is 0 Å². The fourth-order valence-electron chi connectivity index (χ4n) is 2.90. The smallest absolute Gasteiger partial charge is 0.234 e. The summed E-state index contributed by atoms with van der Waals surface area (Å²) < 4.78 is 23.0. The van der Waals surface area contributed by atoms with Crippen molar-refractivity contribution in [3.05, 3.63) is 82.7 Å². The molecule has 0 spiro atoms. The molecule has 134 valence electrons. The lowest BCUT2D eigenvalue weighted by Crippen LogP contribution is -2.03. The van der Waals surface area contributed by atoms with E-state index in [9.17, 15) is 0 Å². The molecule has 4 aromatic rings. The highest BCUT2D eigenvalue weighted by Crippen LogP contribution is 2.31. The molecule has 0 aliphatic rings. The van der Waals surface area contributed by atoms with Crippen LogP contribution in [0.2, 0.25) is 0 Å². The van der Waals surface area contributed by atoms with Crippen LogP contribution in [0.15, 0.2) is 71.5 Å². The molecule has 2 heterocycles. The van der Waals surface area contributed by atoms with Crippen molar-refractivity contribution in [2.75, 3.05) is 7.11 Å². The number of aromatic nitrogens is 3. The summed E-state index contributed by atoms with van der Waals surface area (Å²) in [5.74, 6) is 0.771. The Morgan fingerprint density at radius 1 is 1.07 bits per heavy atom. The second-order valence-electron chi connectivity index (χ2n) is 5.88. The van der Waals surface area contributed by atoms with Crippen molar-refractivity contribution < 1.29 is 9.13 Å². The zero-order chi connectivity index (χ0) is 18.8. The molecule has 0 aliphatic carbocycles. The van der Waals surface area contributed by atoms with E-state index in [0.717, 1.165) is 26.7 Å². The molecule has 0 aliphatic heterocycles. The second kappa shape index (κ2) is 7.32. The molecule has 2 aromatic carbocycles. The van der Waals surface area contributed by atoms with Gasteiger partial charge in [0.2, 0.25) is 5.95 Å². The molecule has 27 heavy (non-hydrogen) atoms. The van der Waals surface area contributed by atoms with Gasteiger partial charge < -0.3 is 4.74 Å². The molecule has 0 saturated carbocycles. The summed E-state index contributed by atoms with van der Waals surface area (Å²) in [6.45, 7) is 0. The summed E-state index contributed by atoms with van der Waals surface area (Å²) in [5.41, 5.74) is 1.96. The highest BCUT2D eigenvalue weighted by atomic mass is 79.9. The zero-order valence-electron chi connectivity index (χ0n) is 14.4. The normalized spacial score (nSPS) is 11.7. The first-order valence-electron chi connectivity index (χ1n) is 8.26. The van der Waals surface area contributed by atoms with Gasteiger partial charge in [-0.2, -0.15) is 0 Å². The molecule has 0 N–H and O–H groups in total. The van der Waals surface area contributed by atoms with Crippen LogP contribution in [-0.2, 0) is 0 Å². The van der Waals surface area contributed by atoms with Crippen molar-refractivity contribution in [3.63, 3.8) is 0 Å². The van der Waals surface area contributed by atoms with Gasteiger partial charge in [-0.25, -0.2) is 14.4 Å². The summed E-state index contributed by atoms with van der Waals surface area (Å²) in [6.07, 6.45) is 4.77. The fraction of sp³-hybridized carbons (Fsp3) is 0.0476. The van der Waals surface area contributed by atoms with Gasteiger partial charge in [0.1, 0.15) is 11.6 Å². The summed E-state index contributed by atoms with van der Waals surface area (Å²) >= 11 is 3.47. The van der Waals surface area contributed by atoms with Crippen LogP contribution >= 0.6 is 15.9 Å². The molecule has 0 amide bonds. The molecule has 6 heteroatoms. The monoisotopic (exact) mass is 423 g/mol. The van der Waals surface area contributed by atoms with Crippen LogP contribution in [0.4, 0.5) is 4.39 Å². The van der Waals surface area contributed by atoms with Gasteiger partial charge in [-0.05, 0) is 54.1 Å². The third-order valence-electron chi connectivity index (χ3n) is 4.17. The number of rotatable bonds is 4. The van der Waals surface area contributed by atoms with Gasteiger partial charge in [-0.1, -0.05) is 28.1 Å². The Labute approximate surface area is 164 Å².